The van der Waals surface area contributed by atoms with Crippen molar-refractivity contribution in [2.75, 3.05) is 19.0 Å². The second-order valence-electron chi connectivity index (χ2n) is 7.99. The number of aryl methyl sites for hydroxylation is 1. The summed E-state index contributed by atoms with van der Waals surface area (Å²) in [6.45, 7) is 1.29. The summed E-state index contributed by atoms with van der Waals surface area (Å²) in [5.74, 6) is -0.228. The van der Waals surface area contributed by atoms with Gasteiger partial charge in [-0.15, -0.1) is 0 Å². The maximum absolute atomic E-state index is 13.1. The fourth-order valence-electron chi connectivity index (χ4n) is 4.03. The molecule has 1 atom stereocenters. The fraction of sp³-hybridized carbons (Fsp3) is 0.304. The van der Waals surface area contributed by atoms with Gasteiger partial charge in [0, 0.05) is 24.1 Å². The third-order valence-electron chi connectivity index (χ3n) is 5.71. The van der Waals surface area contributed by atoms with Gasteiger partial charge in [0.15, 0.2) is 5.78 Å². The van der Waals surface area contributed by atoms with Crippen molar-refractivity contribution in [2.45, 2.75) is 31.7 Å². The summed E-state index contributed by atoms with van der Waals surface area (Å²) in [5.41, 5.74) is 1.56. The number of fused-ring (bicyclic) bond motifs is 1. The first kappa shape index (κ1) is 20.6. The third kappa shape index (κ3) is 3.88. The van der Waals surface area contributed by atoms with Crippen LogP contribution in [0.15, 0.2) is 42.5 Å². The zero-order valence-corrected chi connectivity index (χ0v) is 17.4. The van der Waals surface area contributed by atoms with E-state index in [1.165, 1.54) is 0 Å². The molecular weight excluding hydrogens is 398 g/mol. The van der Waals surface area contributed by atoms with Crippen LogP contribution in [-0.4, -0.2) is 47.7 Å². The molecule has 0 aromatic heterocycles. The lowest BCUT2D eigenvalue weighted by atomic mass is 9.92. The van der Waals surface area contributed by atoms with Crippen molar-refractivity contribution in [3.8, 4) is 5.75 Å². The summed E-state index contributed by atoms with van der Waals surface area (Å²) >= 11 is 0. The molecule has 2 aromatic rings. The molecule has 1 saturated heterocycles. The summed E-state index contributed by atoms with van der Waals surface area (Å²) < 4.78 is 5.35. The molecule has 4 amide bonds. The Morgan fingerprint density at radius 3 is 2.68 bits per heavy atom. The first-order valence-electron chi connectivity index (χ1n) is 10.0. The summed E-state index contributed by atoms with van der Waals surface area (Å²) in [4.78, 5) is 50.9. The molecule has 1 fully saturated rings. The first-order chi connectivity index (χ1) is 14.8. The molecule has 8 nitrogen and oxygen atoms in total. The number of rotatable bonds is 6. The van der Waals surface area contributed by atoms with Crippen LogP contribution in [0.3, 0.4) is 0 Å². The summed E-state index contributed by atoms with van der Waals surface area (Å²) in [6.07, 6.45) is 1.15. The van der Waals surface area contributed by atoms with Crippen LogP contribution >= 0.6 is 0 Å². The zero-order valence-electron chi connectivity index (χ0n) is 17.4. The highest BCUT2D eigenvalue weighted by molar-refractivity contribution is 6.11. The molecule has 31 heavy (non-hydrogen) atoms. The van der Waals surface area contributed by atoms with E-state index in [2.05, 4.69) is 10.6 Å². The van der Waals surface area contributed by atoms with Gasteiger partial charge in [-0.1, -0.05) is 18.2 Å². The SMILES string of the molecule is COc1ccccc1C[C@]1(C)NC(=O)N(CC(=O)c2ccc3c(c2)CCC(=O)N3)C1=O. The fourth-order valence-corrected chi connectivity index (χ4v) is 4.03. The van der Waals surface area contributed by atoms with Gasteiger partial charge in [-0.2, -0.15) is 0 Å². The minimum absolute atomic E-state index is 0.0553. The lowest BCUT2D eigenvalue weighted by Gasteiger charge is -2.23. The maximum Gasteiger partial charge on any atom is 0.325 e. The highest BCUT2D eigenvalue weighted by Gasteiger charge is 2.48. The van der Waals surface area contributed by atoms with Gasteiger partial charge in [-0.3, -0.25) is 19.3 Å². The molecule has 2 N–H and O–H groups in total. The molecule has 2 aromatic carbocycles. The minimum atomic E-state index is -1.17. The van der Waals surface area contributed by atoms with Crippen molar-refractivity contribution in [2.24, 2.45) is 0 Å². The average Bonchev–Trinajstić information content (AvgIpc) is 2.96. The van der Waals surface area contributed by atoms with E-state index in [1.807, 2.05) is 18.2 Å². The van der Waals surface area contributed by atoms with Crippen LogP contribution in [-0.2, 0) is 22.4 Å². The number of Topliss-reactive ketones (excluding diaryl/α,β-unsaturated/α-hetero) is 1. The number of urea groups is 1. The third-order valence-corrected chi connectivity index (χ3v) is 5.71. The summed E-state index contributed by atoms with van der Waals surface area (Å²) in [5, 5.41) is 5.49. The Balaban J connectivity index is 1.50. The van der Waals surface area contributed by atoms with Crippen LogP contribution in [0, 0.1) is 0 Å². The first-order valence-corrected chi connectivity index (χ1v) is 10.0. The van der Waals surface area contributed by atoms with Crippen LogP contribution in [0.5, 0.6) is 5.75 Å². The Labute approximate surface area is 179 Å². The highest BCUT2D eigenvalue weighted by atomic mass is 16.5. The van der Waals surface area contributed by atoms with E-state index in [4.69, 9.17) is 4.74 Å². The Morgan fingerprint density at radius 2 is 1.90 bits per heavy atom. The van der Waals surface area contributed by atoms with E-state index in [-0.39, 0.29) is 24.7 Å². The number of carbonyl (C=O) groups excluding carboxylic acids is 4. The second kappa shape index (κ2) is 7.86. The monoisotopic (exact) mass is 421 g/mol. The van der Waals surface area contributed by atoms with Crippen molar-refractivity contribution < 1.29 is 23.9 Å². The highest BCUT2D eigenvalue weighted by Crippen LogP contribution is 2.28. The average molecular weight is 421 g/mol. The van der Waals surface area contributed by atoms with Crippen LogP contribution in [0.2, 0.25) is 0 Å². The lowest BCUT2D eigenvalue weighted by molar-refractivity contribution is -0.130. The molecule has 160 valence electrons. The van der Waals surface area contributed by atoms with Gasteiger partial charge >= 0.3 is 6.03 Å². The Kier molecular flexibility index (Phi) is 5.22. The van der Waals surface area contributed by atoms with Crippen molar-refractivity contribution >= 4 is 29.3 Å². The van der Waals surface area contributed by atoms with Gasteiger partial charge in [0.2, 0.25) is 5.91 Å². The maximum atomic E-state index is 13.1. The van der Waals surface area contributed by atoms with Gasteiger partial charge in [0.1, 0.15) is 11.3 Å². The lowest BCUT2D eigenvalue weighted by Crippen LogP contribution is -2.46. The van der Waals surface area contributed by atoms with Crippen LogP contribution in [0.1, 0.15) is 34.8 Å². The molecule has 2 aliphatic heterocycles. The van der Waals surface area contributed by atoms with Gasteiger partial charge in [-0.25, -0.2) is 4.79 Å². The number of nitrogens with one attached hydrogen (secondary N) is 2. The van der Waals surface area contributed by atoms with E-state index < -0.39 is 17.5 Å². The molecule has 4 rings (SSSR count). The molecular formula is C23H23N3O5. The number of hydrogen-bond acceptors (Lipinski definition) is 5. The molecule has 0 bridgehead atoms. The van der Waals surface area contributed by atoms with Crippen LogP contribution < -0.4 is 15.4 Å². The number of amides is 4. The van der Waals surface area contributed by atoms with Gasteiger partial charge in [-0.05, 0) is 48.7 Å². The number of anilines is 1. The molecule has 0 saturated carbocycles. The standard InChI is InChI=1S/C23H23N3O5/c1-23(12-16-5-3-4-6-19(16)31-2)21(29)26(22(30)25-23)13-18(27)15-7-9-17-14(11-15)8-10-20(28)24-17/h3-7,9,11H,8,10,12-13H2,1-2H3,(H,24,28)(H,25,30)/t23-/m0/s1. The van der Waals surface area contributed by atoms with E-state index in [0.29, 0.717) is 29.8 Å². The number of imide groups is 1. The topological polar surface area (TPSA) is 105 Å². The predicted octanol–water partition coefficient (Wildman–Crippen LogP) is 2.32. The van der Waals surface area contributed by atoms with E-state index in [1.54, 1.807) is 38.3 Å². The van der Waals surface area contributed by atoms with Crippen molar-refractivity contribution in [1.29, 1.82) is 0 Å². The number of ketones is 1. The molecule has 8 heteroatoms. The number of methoxy groups -OCH3 is 1. The Morgan fingerprint density at radius 1 is 1.13 bits per heavy atom. The Hall–Kier alpha value is -3.68. The van der Waals surface area contributed by atoms with Gasteiger partial charge in [0.05, 0.1) is 13.7 Å². The molecule has 0 spiro atoms. The number of carbonyl (C=O) groups is 4. The quantitative estimate of drug-likeness (QED) is 0.550. The molecule has 2 aliphatic rings. The van der Waals surface area contributed by atoms with Crippen molar-refractivity contribution in [3.63, 3.8) is 0 Å². The Bertz CT molecular complexity index is 1100. The minimum Gasteiger partial charge on any atom is -0.496 e. The molecule has 2 heterocycles. The molecule has 0 radical (unpaired) electrons. The van der Waals surface area contributed by atoms with Crippen molar-refractivity contribution in [3.05, 3.63) is 59.2 Å². The second-order valence-corrected chi connectivity index (χ2v) is 7.99. The molecule has 0 aliphatic carbocycles. The van der Waals surface area contributed by atoms with Crippen molar-refractivity contribution in [1.82, 2.24) is 10.2 Å². The van der Waals surface area contributed by atoms with Gasteiger partial charge < -0.3 is 15.4 Å². The van der Waals surface area contributed by atoms with E-state index in [0.717, 1.165) is 16.0 Å². The van der Waals surface area contributed by atoms with Crippen LogP contribution in [0.4, 0.5) is 10.5 Å². The number of benzene rings is 2. The molecule has 0 unspecified atom stereocenters. The zero-order chi connectivity index (χ0) is 22.2. The summed E-state index contributed by atoms with van der Waals surface area (Å²) in [6, 6.07) is 11.7. The number of hydrogen-bond donors (Lipinski definition) is 2. The van der Waals surface area contributed by atoms with E-state index in [9.17, 15) is 19.2 Å². The normalized spacial score (nSPS) is 20.2. The summed E-state index contributed by atoms with van der Waals surface area (Å²) in [7, 11) is 1.55. The van der Waals surface area contributed by atoms with Crippen LogP contribution in [0.25, 0.3) is 0 Å². The predicted molar refractivity (Wildman–Crippen MR) is 113 cm³/mol. The number of para-hydroxylation sites is 1. The smallest absolute Gasteiger partial charge is 0.325 e. The number of nitrogens with zero attached hydrogens (tertiary/aromatic N) is 1. The number of ether oxygens (including phenoxy) is 1. The van der Waals surface area contributed by atoms with Gasteiger partial charge in [0.25, 0.3) is 5.91 Å². The largest absolute Gasteiger partial charge is 0.496 e. The van der Waals surface area contributed by atoms with E-state index >= 15 is 0 Å².